The quantitative estimate of drug-likeness (QED) is 0.398. The zero-order chi connectivity index (χ0) is 20.0. The summed E-state index contributed by atoms with van der Waals surface area (Å²) in [6.45, 7) is 11.0. The zero-order valence-electron chi connectivity index (χ0n) is 16.0. The number of hydrogen-bond donors (Lipinski definition) is 0. The Morgan fingerprint density at radius 2 is 1.73 bits per heavy atom. The Bertz CT molecular complexity index is 664. The Kier molecular flexibility index (Phi) is 7.55. The highest BCUT2D eigenvalue weighted by molar-refractivity contribution is 5.93. The van der Waals surface area contributed by atoms with Crippen molar-refractivity contribution in [1.82, 2.24) is 4.90 Å². The summed E-state index contributed by atoms with van der Waals surface area (Å²) >= 11 is 0. The maximum absolute atomic E-state index is 12.5. The molecule has 0 saturated heterocycles. The number of nitro groups is 1. The SMILES string of the molecule is CCOc1ccc(C(=O)O[C@H](C)C(=O)N(C(C)C)C(C)C)cc1[N+](=O)[O-]. The normalized spacial score (nSPS) is 12.0. The first-order chi connectivity index (χ1) is 12.1. The van der Waals surface area contributed by atoms with Gasteiger partial charge in [0.25, 0.3) is 5.91 Å². The molecule has 1 atom stereocenters. The van der Waals surface area contributed by atoms with Gasteiger partial charge < -0.3 is 14.4 Å². The van der Waals surface area contributed by atoms with E-state index >= 15 is 0 Å². The summed E-state index contributed by atoms with van der Waals surface area (Å²) in [7, 11) is 0. The number of carbonyl (C=O) groups excluding carboxylic acids is 2. The summed E-state index contributed by atoms with van der Waals surface area (Å²) in [6, 6.07) is 3.72. The molecule has 0 aromatic heterocycles. The molecule has 0 fully saturated rings. The van der Waals surface area contributed by atoms with Crippen LogP contribution in [0.15, 0.2) is 18.2 Å². The highest BCUT2D eigenvalue weighted by atomic mass is 16.6. The molecule has 8 heteroatoms. The van der Waals surface area contributed by atoms with Crippen LogP contribution < -0.4 is 4.74 Å². The lowest BCUT2D eigenvalue weighted by Gasteiger charge is -2.32. The molecule has 1 rings (SSSR count). The molecular weight excluding hydrogens is 340 g/mol. The average Bonchev–Trinajstić information content (AvgIpc) is 2.54. The lowest BCUT2D eigenvalue weighted by Crippen LogP contribution is -2.47. The average molecular weight is 366 g/mol. The van der Waals surface area contributed by atoms with Crippen LogP contribution in [0.4, 0.5) is 5.69 Å². The summed E-state index contributed by atoms with van der Waals surface area (Å²) in [5.41, 5.74) is -0.341. The number of nitrogens with zero attached hydrogens (tertiary/aromatic N) is 2. The van der Waals surface area contributed by atoms with Crippen LogP contribution >= 0.6 is 0 Å². The second kappa shape index (κ2) is 9.17. The van der Waals surface area contributed by atoms with E-state index in [1.165, 1.54) is 19.1 Å². The van der Waals surface area contributed by atoms with Gasteiger partial charge in [0.05, 0.1) is 17.1 Å². The Morgan fingerprint density at radius 3 is 2.19 bits per heavy atom. The van der Waals surface area contributed by atoms with Gasteiger partial charge in [-0.15, -0.1) is 0 Å². The first-order valence-corrected chi connectivity index (χ1v) is 8.54. The van der Waals surface area contributed by atoms with Crippen LogP contribution in [0.2, 0.25) is 0 Å². The van der Waals surface area contributed by atoms with Gasteiger partial charge in [0, 0.05) is 18.2 Å². The fourth-order valence-electron chi connectivity index (χ4n) is 2.66. The zero-order valence-corrected chi connectivity index (χ0v) is 16.0. The van der Waals surface area contributed by atoms with Crippen molar-refractivity contribution in [3.8, 4) is 5.75 Å². The minimum Gasteiger partial charge on any atom is -0.487 e. The molecule has 0 heterocycles. The van der Waals surface area contributed by atoms with Gasteiger partial charge >= 0.3 is 11.7 Å². The first kappa shape index (κ1) is 21.4. The number of esters is 1. The van der Waals surface area contributed by atoms with Crippen LogP contribution in [0.25, 0.3) is 0 Å². The van der Waals surface area contributed by atoms with Crippen molar-refractivity contribution in [2.45, 2.75) is 59.7 Å². The fourth-order valence-corrected chi connectivity index (χ4v) is 2.66. The van der Waals surface area contributed by atoms with Gasteiger partial charge in [-0.25, -0.2) is 4.79 Å². The Balaban J connectivity index is 2.98. The van der Waals surface area contributed by atoms with Crippen LogP contribution in [-0.2, 0) is 9.53 Å². The predicted molar refractivity (Wildman–Crippen MR) is 96.3 cm³/mol. The van der Waals surface area contributed by atoms with Crippen molar-refractivity contribution in [1.29, 1.82) is 0 Å². The number of hydrogen-bond acceptors (Lipinski definition) is 6. The standard InChI is InChI=1S/C18H26N2O6/c1-7-25-16-9-8-14(10-15(16)20(23)24)18(22)26-13(6)17(21)19(11(2)3)12(4)5/h8-13H,7H2,1-6H3/t13-/m1/s1. The van der Waals surface area contributed by atoms with E-state index in [2.05, 4.69) is 0 Å². The predicted octanol–water partition coefficient (Wildman–Crippen LogP) is 3.18. The molecule has 0 aliphatic heterocycles. The summed E-state index contributed by atoms with van der Waals surface area (Å²) in [5, 5.41) is 11.2. The Labute approximate surface area is 153 Å². The topological polar surface area (TPSA) is 99.0 Å². The molecule has 0 bridgehead atoms. The molecule has 0 N–H and O–H groups in total. The van der Waals surface area contributed by atoms with E-state index in [1.54, 1.807) is 11.8 Å². The molecule has 0 spiro atoms. The van der Waals surface area contributed by atoms with Crippen molar-refractivity contribution in [3.63, 3.8) is 0 Å². The van der Waals surface area contributed by atoms with Crippen LogP contribution in [0.1, 0.15) is 51.9 Å². The van der Waals surface area contributed by atoms with Crippen molar-refractivity contribution in [2.24, 2.45) is 0 Å². The molecule has 26 heavy (non-hydrogen) atoms. The molecule has 0 aliphatic carbocycles. The molecule has 8 nitrogen and oxygen atoms in total. The maximum Gasteiger partial charge on any atom is 0.339 e. The second-order valence-electron chi connectivity index (χ2n) is 6.35. The summed E-state index contributed by atoms with van der Waals surface area (Å²) in [4.78, 5) is 37.0. The van der Waals surface area contributed by atoms with Crippen LogP contribution in [0, 0.1) is 10.1 Å². The summed E-state index contributed by atoms with van der Waals surface area (Å²) < 4.78 is 10.4. The Morgan fingerprint density at radius 1 is 1.15 bits per heavy atom. The van der Waals surface area contributed by atoms with E-state index in [0.717, 1.165) is 6.07 Å². The number of nitro benzene ring substituents is 1. The van der Waals surface area contributed by atoms with Gasteiger partial charge in [0.1, 0.15) is 0 Å². The maximum atomic E-state index is 12.5. The molecule has 1 aromatic rings. The van der Waals surface area contributed by atoms with E-state index in [4.69, 9.17) is 9.47 Å². The smallest absolute Gasteiger partial charge is 0.339 e. The van der Waals surface area contributed by atoms with Gasteiger partial charge in [-0.2, -0.15) is 0 Å². The Hall–Kier alpha value is -2.64. The number of amides is 1. The lowest BCUT2D eigenvalue weighted by atomic mass is 10.1. The fraction of sp³-hybridized carbons (Fsp3) is 0.556. The number of carbonyl (C=O) groups is 2. The highest BCUT2D eigenvalue weighted by Crippen LogP contribution is 2.28. The largest absolute Gasteiger partial charge is 0.487 e. The third kappa shape index (κ3) is 5.18. The van der Waals surface area contributed by atoms with E-state index in [1.807, 2.05) is 27.7 Å². The highest BCUT2D eigenvalue weighted by Gasteiger charge is 2.28. The van der Waals surface area contributed by atoms with Crippen LogP contribution in [0.5, 0.6) is 5.75 Å². The molecule has 1 amide bonds. The van der Waals surface area contributed by atoms with Crippen LogP contribution in [0.3, 0.4) is 0 Å². The van der Waals surface area contributed by atoms with Gasteiger partial charge in [-0.1, -0.05) is 0 Å². The van der Waals surface area contributed by atoms with Crippen LogP contribution in [-0.4, -0.2) is 46.5 Å². The van der Waals surface area contributed by atoms with Gasteiger partial charge in [-0.3, -0.25) is 14.9 Å². The van der Waals surface area contributed by atoms with Crippen molar-refractivity contribution in [3.05, 3.63) is 33.9 Å². The molecule has 0 radical (unpaired) electrons. The number of benzene rings is 1. The summed E-state index contributed by atoms with van der Waals surface area (Å²) in [6.07, 6.45) is -1.00. The molecule has 144 valence electrons. The third-order valence-electron chi connectivity index (χ3n) is 3.69. The molecule has 0 unspecified atom stereocenters. The number of ether oxygens (including phenoxy) is 2. The second-order valence-corrected chi connectivity index (χ2v) is 6.35. The minimum atomic E-state index is -1.00. The van der Waals surface area contributed by atoms with Gasteiger partial charge in [0.15, 0.2) is 11.9 Å². The molecule has 0 saturated carbocycles. The van der Waals surface area contributed by atoms with Crippen molar-refractivity contribution in [2.75, 3.05) is 6.61 Å². The first-order valence-electron chi connectivity index (χ1n) is 8.54. The van der Waals surface area contributed by atoms with E-state index in [-0.39, 0.29) is 41.6 Å². The monoisotopic (exact) mass is 366 g/mol. The van der Waals surface area contributed by atoms with Gasteiger partial charge in [0.2, 0.25) is 0 Å². The van der Waals surface area contributed by atoms with E-state index < -0.39 is 17.0 Å². The van der Waals surface area contributed by atoms with E-state index in [9.17, 15) is 19.7 Å². The summed E-state index contributed by atoms with van der Waals surface area (Å²) in [5.74, 6) is -1.04. The van der Waals surface area contributed by atoms with Gasteiger partial charge in [-0.05, 0) is 53.7 Å². The molecule has 1 aromatic carbocycles. The third-order valence-corrected chi connectivity index (χ3v) is 3.69. The number of rotatable bonds is 8. The van der Waals surface area contributed by atoms with Crippen molar-refractivity contribution >= 4 is 17.6 Å². The lowest BCUT2D eigenvalue weighted by molar-refractivity contribution is -0.385. The molecular formula is C18H26N2O6. The minimum absolute atomic E-state index is 0.0135. The van der Waals surface area contributed by atoms with Crippen molar-refractivity contribution < 1.29 is 24.0 Å². The molecule has 0 aliphatic rings. The van der Waals surface area contributed by atoms with E-state index in [0.29, 0.717) is 0 Å².